The highest BCUT2D eigenvalue weighted by Gasteiger charge is 2.21. The fraction of sp³-hybridized carbons (Fsp3) is 0.260. The zero-order valence-corrected chi connectivity index (χ0v) is 41.4. The van der Waals surface area contributed by atoms with Crippen LogP contribution in [0, 0.1) is 0 Å². The third kappa shape index (κ3) is 11.7. The first-order valence-corrected chi connectivity index (χ1v) is 30.0. The van der Waals surface area contributed by atoms with Crippen molar-refractivity contribution in [3.05, 3.63) is 133 Å². The lowest BCUT2D eigenvalue weighted by molar-refractivity contribution is -0.136. The van der Waals surface area contributed by atoms with E-state index in [2.05, 4.69) is 77.5 Å². The van der Waals surface area contributed by atoms with Gasteiger partial charge in [-0.05, 0) is 41.9 Å². The van der Waals surface area contributed by atoms with Crippen LogP contribution in [0.4, 0.5) is 11.6 Å². The van der Waals surface area contributed by atoms with Gasteiger partial charge in [-0.3, -0.25) is 14.8 Å². The van der Waals surface area contributed by atoms with Crippen molar-refractivity contribution in [2.24, 2.45) is 0 Å². The molecule has 0 saturated heterocycles. The number of fused-ring (bicyclic) bond motifs is 4. The molecule has 0 saturated carbocycles. The number of nitrogens with zero attached hydrogens (tertiary/aromatic N) is 9. The van der Waals surface area contributed by atoms with E-state index in [1.165, 1.54) is 0 Å². The van der Waals surface area contributed by atoms with Crippen LogP contribution < -0.4 is 10.6 Å². The van der Waals surface area contributed by atoms with Gasteiger partial charge in [-0.15, -0.1) is 0 Å². The summed E-state index contributed by atoms with van der Waals surface area (Å²) in [5.74, 6) is 0.389. The summed E-state index contributed by atoms with van der Waals surface area (Å²) in [6, 6.07) is 33.2. The first-order chi connectivity index (χ1) is 32.1. The molecular formula is C50H55ClN10O4Si2. The van der Waals surface area contributed by atoms with Crippen molar-refractivity contribution in [3.63, 3.8) is 0 Å². The number of aromatic nitrogens is 8. The first kappa shape index (κ1) is 46.9. The Labute approximate surface area is 396 Å². The normalized spacial score (nSPS) is 11.9. The standard InChI is InChI=1S/C27H38ClN5O2Si2.C23H17N5O2/c1-36(2,3)13-11-34-19-32(20-35-12-14-37(4,5)6)26-16-25(28)31-27-23(18-30-33(26)27)22-15-21-9-7-8-10-24(21)29-17-22;24-21-11-20(15-7-5-14(6-8-15)9-22(29)30)27-23-18(13-26-28(21)23)17-10-16-3-1-2-4-19(16)25-12-17/h7-10,15-18H,11-14,19-20H2,1-6H3;1-8,10-13H,9,24H2,(H,29,30). The zero-order chi connectivity index (χ0) is 47.3. The molecule has 0 radical (unpaired) electrons. The van der Waals surface area contributed by atoms with Gasteiger partial charge in [-0.1, -0.05) is 112 Å². The average Bonchev–Trinajstić information content (AvgIpc) is 3.93. The number of halogens is 1. The highest BCUT2D eigenvalue weighted by molar-refractivity contribution is 6.76. The molecule has 0 atom stereocenters. The minimum atomic E-state index is -1.19. The van der Waals surface area contributed by atoms with Gasteiger partial charge in [0, 0.05) is 92.5 Å². The molecule has 0 spiro atoms. The van der Waals surface area contributed by atoms with Gasteiger partial charge >= 0.3 is 5.97 Å². The van der Waals surface area contributed by atoms with E-state index in [1.807, 2.05) is 88.7 Å². The Balaban J connectivity index is 0.000000185. The molecule has 0 aliphatic rings. The number of anilines is 2. The predicted molar refractivity (Wildman–Crippen MR) is 274 cm³/mol. The maximum absolute atomic E-state index is 10.9. The van der Waals surface area contributed by atoms with Crippen molar-refractivity contribution >= 4 is 78.5 Å². The number of carbonyl (C=O) groups is 1. The third-order valence-corrected chi connectivity index (χ3v) is 14.7. The molecule has 67 heavy (non-hydrogen) atoms. The lowest BCUT2D eigenvalue weighted by Gasteiger charge is -2.26. The lowest BCUT2D eigenvalue weighted by atomic mass is 10.1. The first-order valence-electron chi connectivity index (χ1n) is 22.2. The molecule has 9 aromatic rings. The van der Waals surface area contributed by atoms with E-state index in [9.17, 15) is 4.79 Å². The maximum atomic E-state index is 10.9. The highest BCUT2D eigenvalue weighted by atomic mass is 35.5. The predicted octanol–water partition coefficient (Wildman–Crippen LogP) is 10.8. The Hall–Kier alpha value is -6.57. The Morgan fingerprint density at radius 2 is 1.19 bits per heavy atom. The van der Waals surface area contributed by atoms with Gasteiger partial charge in [0.25, 0.3) is 0 Å². The van der Waals surface area contributed by atoms with Crippen LogP contribution in [0.1, 0.15) is 5.56 Å². The van der Waals surface area contributed by atoms with Crippen LogP contribution in [0.15, 0.2) is 122 Å². The number of carboxylic acids is 1. The number of ether oxygens (including phenoxy) is 2. The van der Waals surface area contributed by atoms with Gasteiger partial charge in [-0.2, -0.15) is 19.2 Å². The SMILES string of the molecule is C[Si](C)(C)CCOCN(COCC[Si](C)(C)C)c1cc(Cl)nc2c(-c3cnc4ccccc4c3)cnn12.Nc1cc(-c2ccc(CC(=O)O)cc2)nc2c(-c3cnc4ccccc4c3)cnn12. The molecule has 6 aromatic heterocycles. The number of hydrogen-bond acceptors (Lipinski definition) is 11. The molecule has 14 nitrogen and oxygen atoms in total. The number of rotatable bonds is 16. The summed E-state index contributed by atoms with van der Waals surface area (Å²) in [5.41, 5.74) is 15.3. The van der Waals surface area contributed by atoms with Gasteiger partial charge in [0.1, 0.15) is 30.3 Å². The molecule has 3 aromatic carbocycles. The number of carboxylic acid groups (broad SMARTS) is 1. The monoisotopic (exact) mass is 950 g/mol. The smallest absolute Gasteiger partial charge is 0.307 e. The van der Waals surface area contributed by atoms with E-state index in [-0.39, 0.29) is 6.42 Å². The van der Waals surface area contributed by atoms with E-state index in [0.29, 0.717) is 41.4 Å². The van der Waals surface area contributed by atoms with Crippen molar-refractivity contribution in [3.8, 4) is 33.5 Å². The van der Waals surface area contributed by atoms with Crippen LogP contribution in [0.25, 0.3) is 66.6 Å². The fourth-order valence-electron chi connectivity index (χ4n) is 7.37. The number of nitrogens with two attached hydrogens (primary N) is 1. The molecule has 17 heteroatoms. The summed E-state index contributed by atoms with van der Waals surface area (Å²) >= 11 is 6.56. The number of nitrogen functional groups attached to an aromatic ring is 1. The van der Waals surface area contributed by atoms with E-state index < -0.39 is 22.1 Å². The van der Waals surface area contributed by atoms with Crippen LogP contribution in [-0.4, -0.2) is 93.1 Å². The molecule has 344 valence electrons. The summed E-state index contributed by atoms with van der Waals surface area (Å²) in [6.45, 7) is 16.3. The lowest BCUT2D eigenvalue weighted by Crippen LogP contribution is -2.33. The van der Waals surface area contributed by atoms with Gasteiger partial charge in [-0.25, -0.2) is 9.97 Å². The molecule has 0 unspecified atom stereocenters. The van der Waals surface area contributed by atoms with Crippen LogP contribution in [-0.2, 0) is 20.7 Å². The molecule has 0 aliphatic carbocycles. The number of pyridine rings is 2. The second-order valence-corrected chi connectivity index (χ2v) is 30.6. The highest BCUT2D eigenvalue weighted by Crippen LogP contribution is 2.32. The van der Waals surface area contributed by atoms with E-state index >= 15 is 0 Å². The number of benzene rings is 3. The third-order valence-electron chi connectivity index (χ3n) is 11.1. The topological polar surface area (TPSA) is 171 Å². The van der Waals surface area contributed by atoms with Crippen molar-refractivity contribution in [1.82, 2.24) is 39.2 Å². The maximum Gasteiger partial charge on any atom is 0.307 e. The second kappa shape index (κ2) is 20.1. The minimum Gasteiger partial charge on any atom is -0.481 e. The van der Waals surface area contributed by atoms with Crippen molar-refractivity contribution < 1.29 is 19.4 Å². The quantitative estimate of drug-likeness (QED) is 0.0407. The Bertz CT molecular complexity index is 3160. The summed E-state index contributed by atoms with van der Waals surface area (Å²) in [7, 11) is -2.38. The van der Waals surface area contributed by atoms with Crippen molar-refractivity contribution in [2.75, 3.05) is 37.3 Å². The molecule has 3 N–H and O–H groups in total. The van der Waals surface area contributed by atoms with Crippen LogP contribution >= 0.6 is 11.6 Å². The van der Waals surface area contributed by atoms with Gasteiger partial charge in [0.2, 0.25) is 0 Å². The number of aliphatic carboxylic acids is 1. The molecule has 0 amide bonds. The van der Waals surface area contributed by atoms with Gasteiger partial charge < -0.3 is 25.2 Å². The minimum absolute atomic E-state index is 0.0172. The summed E-state index contributed by atoms with van der Waals surface area (Å²) in [4.78, 5) is 31.5. The van der Waals surface area contributed by atoms with E-state index in [0.717, 1.165) is 86.3 Å². The van der Waals surface area contributed by atoms with Crippen LogP contribution in [0.5, 0.6) is 0 Å². The van der Waals surface area contributed by atoms with Gasteiger partial charge in [0.15, 0.2) is 11.3 Å². The van der Waals surface area contributed by atoms with E-state index in [4.69, 9.17) is 42.0 Å². The molecule has 0 bridgehead atoms. The van der Waals surface area contributed by atoms with Crippen LogP contribution in [0.2, 0.25) is 56.5 Å². The van der Waals surface area contributed by atoms with Crippen molar-refractivity contribution in [1.29, 1.82) is 0 Å². The fourth-order valence-corrected chi connectivity index (χ4v) is 9.06. The zero-order valence-electron chi connectivity index (χ0n) is 38.6. The second-order valence-electron chi connectivity index (χ2n) is 18.9. The summed E-state index contributed by atoms with van der Waals surface area (Å²) < 4.78 is 15.7. The molecule has 9 rings (SSSR count). The molecular weight excluding hydrogens is 896 g/mol. The Kier molecular flexibility index (Phi) is 14.1. The van der Waals surface area contributed by atoms with Crippen LogP contribution in [0.3, 0.4) is 0 Å². The average molecular weight is 952 g/mol. The molecule has 0 aliphatic heterocycles. The van der Waals surface area contributed by atoms with Gasteiger partial charge in [0.05, 0.1) is 35.5 Å². The largest absolute Gasteiger partial charge is 0.481 e. The Morgan fingerprint density at radius 3 is 1.73 bits per heavy atom. The number of para-hydroxylation sites is 2. The van der Waals surface area contributed by atoms with E-state index in [1.54, 1.807) is 28.9 Å². The molecule has 0 fully saturated rings. The number of hydrogen-bond donors (Lipinski definition) is 2. The summed E-state index contributed by atoms with van der Waals surface area (Å²) in [6.07, 6.45) is 7.22. The van der Waals surface area contributed by atoms with Crippen molar-refractivity contribution in [2.45, 2.75) is 57.8 Å². The summed E-state index contributed by atoms with van der Waals surface area (Å²) in [5, 5.41) is 20.5. The molecule has 6 heterocycles. The Morgan fingerprint density at radius 1 is 0.672 bits per heavy atom.